The Morgan fingerprint density at radius 3 is 2.76 bits per heavy atom. The van der Waals surface area contributed by atoms with Crippen LogP contribution in [0.2, 0.25) is 0 Å². The summed E-state index contributed by atoms with van der Waals surface area (Å²) in [6.07, 6.45) is 3.24. The van der Waals surface area contributed by atoms with Gasteiger partial charge in [-0.25, -0.2) is 0 Å². The van der Waals surface area contributed by atoms with Crippen molar-refractivity contribution in [1.29, 1.82) is 0 Å². The third-order valence-electron chi connectivity index (χ3n) is 5.06. The summed E-state index contributed by atoms with van der Waals surface area (Å²) in [5, 5.41) is 12.3. The van der Waals surface area contributed by atoms with E-state index in [-0.39, 0.29) is 0 Å². The van der Waals surface area contributed by atoms with E-state index >= 15 is 0 Å². The maximum Gasteiger partial charge on any atom is 0.0928 e. The van der Waals surface area contributed by atoms with Gasteiger partial charge in [-0.15, -0.1) is 0 Å². The van der Waals surface area contributed by atoms with Crippen LogP contribution in [0.1, 0.15) is 18.4 Å². The summed E-state index contributed by atoms with van der Waals surface area (Å²) >= 11 is 0. The lowest BCUT2D eigenvalue weighted by molar-refractivity contribution is -0.137. The molecule has 0 saturated carbocycles. The Bertz CT molecular complexity index is 659. The van der Waals surface area contributed by atoms with E-state index in [1.807, 2.05) is 24.3 Å². The number of piperidine rings is 1. The molecule has 4 heteroatoms. The number of fused-ring (bicyclic) bond motifs is 3. The highest BCUT2D eigenvalue weighted by Gasteiger charge is 2.45. The van der Waals surface area contributed by atoms with Gasteiger partial charge in [0.15, 0.2) is 0 Å². The highest BCUT2D eigenvalue weighted by Crippen LogP contribution is 2.40. The van der Waals surface area contributed by atoms with E-state index in [0.717, 1.165) is 29.3 Å². The van der Waals surface area contributed by atoms with Gasteiger partial charge in [0, 0.05) is 23.7 Å². The van der Waals surface area contributed by atoms with Gasteiger partial charge in [-0.05, 0) is 37.6 Å². The number of morpholine rings is 1. The first-order valence-corrected chi connectivity index (χ1v) is 7.53. The van der Waals surface area contributed by atoms with E-state index < -0.39 is 5.60 Å². The fourth-order valence-electron chi connectivity index (χ4n) is 3.73. The number of aliphatic hydroxyl groups is 1. The highest BCUT2D eigenvalue weighted by atomic mass is 16.5. The standard InChI is InChI=1S/C17H20N2O2/c1-19-14-8-17(20,9-15(19)11-21-10-14)13-5-4-12-3-2-6-18-16(12)7-13/h2-7,14-15,20H,8-11H2,1H3. The molecule has 1 N–H and O–H groups in total. The van der Waals surface area contributed by atoms with Crippen molar-refractivity contribution < 1.29 is 9.84 Å². The van der Waals surface area contributed by atoms with Crippen LogP contribution in [-0.2, 0) is 10.3 Å². The van der Waals surface area contributed by atoms with Crippen LogP contribution in [0.5, 0.6) is 0 Å². The summed E-state index contributed by atoms with van der Waals surface area (Å²) in [6.45, 7) is 1.42. The molecular formula is C17H20N2O2. The lowest BCUT2D eigenvalue weighted by Crippen LogP contribution is -2.59. The van der Waals surface area contributed by atoms with Gasteiger partial charge >= 0.3 is 0 Å². The van der Waals surface area contributed by atoms with E-state index in [0.29, 0.717) is 25.3 Å². The van der Waals surface area contributed by atoms with Crippen LogP contribution in [0.4, 0.5) is 0 Å². The van der Waals surface area contributed by atoms with Crippen LogP contribution in [0, 0.1) is 0 Å². The van der Waals surface area contributed by atoms with Crippen molar-refractivity contribution in [2.45, 2.75) is 30.5 Å². The molecule has 1 aromatic heterocycles. The number of aromatic nitrogens is 1. The van der Waals surface area contributed by atoms with Gasteiger partial charge in [0.1, 0.15) is 0 Å². The van der Waals surface area contributed by atoms with Crippen molar-refractivity contribution in [2.24, 2.45) is 0 Å². The Morgan fingerprint density at radius 2 is 2.00 bits per heavy atom. The SMILES string of the molecule is CN1C2COCC1CC(O)(c1ccc3cccnc3c1)C2. The second kappa shape index (κ2) is 4.77. The molecule has 0 spiro atoms. The van der Waals surface area contributed by atoms with Crippen molar-refractivity contribution >= 4 is 10.9 Å². The smallest absolute Gasteiger partial charge is 0.0928 e. The Hall–Kier alpha value is -1.49. The summed E-state index contributed by atoms with van der Waals surface area (Å²) in [7, 11) is 2.14. The molecule has 4 nitrogen and oxygen atoms in total. The zero-order chi connectivity index (χ0) is 14.4. The lowest BCUT2D eigenvalue weighted by atomic mass is 9.77. The summed E-state index contributed by atoms with van der Waals surface area (Å²) in [5.41, 5.74) is 1.17. The minimum atomic E-state index is -0.767. The quantitative estimate of drug-likeness (QED) is 0.869. The molecule has 2 bridgehead atoms. The molecule has 4 rings (SSSR count). The van der Waals surface area contributed by atoms with E-state index in [2.05, 4.69) is 23.0 Å². The Labute approximate surface area is 124 Å². The van der Waals surface area contributed by atoms with Crippen molar-refractivity contribution in [3.63, 3.8) is 0 Å². The maximum atomic E-state index is 11.2. The largest absolute Gasteiger partial charge is 0.385 e. The topological polar surface area (TPSA) is 45.6 Å². The second-order valence-corrected chi connectivity index (χ2v) is 6.36. The average Bonchev–Trinajstić information content (AvgIpc) is 2.49. The number of ether oxygens (including phenoxy) is 1. The third kappa shape index (κ3) is 2.14. The van der Waals surface area contributed by atoms with Gasteiger partial charge in [0.05, 0.1) is 24.3 Å². The van der Waals surface area contributed by atoms with E-state index in [4.69, 9.17) is 4.74 Å². The zero-order valence-corrected chi connectivity index (χ0v) is 12.2. The number of hydrogen-bond acceptors (Lipinski definition) is 4. The van der Waals surface area contributed by atoms with Crippen LogP contribution in [0.15, 0.2) is 36.5 Å². The normalized spacial score (nSPS) is 33.2. The molecule has 2 aliphatic rings. The average molecular weight is 284 g/mol. The van der Waals surface area contributed by atoms with Gasteiger partial charge in [-0.2, -0.15) is 0 Å². The molecule has 2 unspecified atom stereocenters. The van der Waals surface area contributed by atoms with Crippen molar-refractivity contribution in [1.82, 2.24) is 9.88 Å². The summed E-state index contributed by atoms with van der Waals surface area (Å²) in [6, 6.07) is 10.7. The van der Waals surface area contributed by atoms with Crippen LogP contribution >= 0.6 is 0 Å². The second-order valence-electron chi connectivity index (χ2n) is 6.36. The number of benzene rings is 1. The van der Waals surface area contributed by atoms with E-state index in [9.17, 15) is 5.11 Å². The summed E-state index contributed by atoms with van der Waals surface area (Å²) < 4.78 is 5.64. The molecule has 0 aliphatic carbocycles. The van der Waals surface area contributed by atoms with Crippen molar-refractivity contribution in [3.8, 4) is 0 Å². The van der Waals surface area contributed by atoms with Crippen molar-refractivity contribution in [2.75, 3.05) is 20.3 Å². The molecule has 2 aliphatic heterocycles. The first-order valence-electron chi connectivity index (χ1n) is 7.53. The third-order valence-corrected chi connectivity index (χ3v) is 5.06. The van der Waals surface area contributed by atoms with Crippen LogP contribution in [0.25, 0.3) is 10.9 Å². The monoisotopic (exact) mass is 284 g/mol. The molecule has 2 saturated heterocycles. The Kier molecular flexibility index (Phi) is 2.99. The zero-order valence-electron chi connectivity index (χ0n) is 12.2. The molecule has 2 fully saturated rings. The molecule has 2 atom stereocenters. The molecule has 2 aromatic rings. The van der Waals surface area contributed by atoms with Crippen LogP contribution < -0.4 is 0 Å². The molecule has 0 radical (unpaired) electrons. The first kappa shape index (κ1) is 13.2. The molecule has 110 valence electrons. The van der Waals surface area contributed by atoms with E-state index in [1.165, 1.54) is 0 Å². The predicted octanol–water partition coefficient (Wildman–Crippen LogP) is 1.92. The number of hydrogen-bond donors (Lipinski definition) is 1. The maximum absolute atomic E-state index is 11.2. The first-order chi connectivity index (χ1) is 10.2. The predicted molar refractivity (Wildman–Crippen MR) is 81.0 cm³/mol. The highest BCUT2D eigenvalue weighted by molar-refractivity contribution is 5.79. The van der Waals surface area contributed by atoms with Gasteiger partial charge in [-0.3, -0.25) is 9.88 Å². The van der Waals surface area contributed by atoms with Crippen molar-refractivity contribution in [3.05, 3.63) is 42.1 Å². The van der Waals surface area contributed by atoms with Gasteiger partial charge < -0.3 is 9.84 Å². The van der Waals surface area contributed by atoms with Gasteiger partial charge in [0.25, 0.3) is 0 Å². The minimum Gasteiger partial charge on any atom is -0.385 e. The molecule has 21 heavy (non-hydrogen) atoms. The summed E-state index contributed by atoms with van der Waals surface area (Å²) in [4.78, 5) is 6.77. The molecule has 1 aromatic carbocycles. The summed E-state index contributed by atoms with van der Waals surface area (Å²) in [5.74, 6) is 0. The fourth-order valence-corrected chi connectivity index (χ4v) is 3.73. The number of likely N-dealkylation sites (N-methyl/N-ethyl adjacent to an activating group) is 1. The Morgan fingerprint density at radius 1 is 1.24 bits per heavy atom. The van der Waals surface area contributed by atoms with Crippen LogP contribution in [0.3, 0.4) is 0 Å². The van der Waals surface area contributed by atoms with Gasteiger partial charge in [-0.1, -0.05) is 18.2 Å². The number of pyridine rings is 1. The molecular weight excluding hydrogens is 264 g/mol. The lowest BCUT2D eigenvalue weighted by Gasteiger charge is -2.50. The fraction of sp³-hybridized carbons (Fsp3) is 0.471. The molecule has 0 amide bonds. The Balaban J connectivity index is 1.73. The van der Waals surface area contributed by atoms with E-state index in [1.54, 1.807) is 6.20 Å². The minimum absolute atomic E-state index is 0.293. The van der Waals surface area contributed by atoms with Gasteiger partial charge in [0.2, 0.25) is 0 Å². The molecule has 3 heterocycles. The number of nitrogens with zero attached hydrogens (tertiary/aromatic N) is 2. The van der Waals surface area contributed by atoms with Crippen LogP contribution in [-0.4, -0.2) is 47.3 Å². The number of rotatable bonds is 1.